The Kier molecular flexibility index (Phi) is 5.93. The summed E-state index contributed by atoms with van der Waals surface area (Å²) >= 11 is 1.72. The minimum absolute atomic E-state index is 0.284. The van der Waals surface area contributed by atoms with Crippen molar-refractivity contribution in [2.24, 2.45) is 0 Å². The zero-order valence-corrected chi connectivity index (χ0v) is 18.0. The number of para-hydroxylation sites is 1. The molecule has 1 N–H and O–H groups in total. The van der Waals surface area contributed by atoms with E-state index in [-0.39, 0.29) is 11.7 Å². The molecule has 4 rings (SSSR count). The van der Waals surface area contributed by atoms with Gasteiger partial charge in [0.1, 0.15) is 5.58 Å². The van der Waals surface area contributed by atoms with Gasteiger partial charge in [-0.05, 0) is 61.4 Å². The fourth-order valence-electron chi connectivity index (χ4n) is 3.31. The summed E-state index contributed by atoms with van der Waals surface area (Å²) in [5, 5.41) is 3.83. The maximum atomic E-state index is 12.9. The molecule has 30 heavy (non-hydrogen) atoms. The number of furan rings is 1. The van der Waals surface area contributed by atoms with E-state index in [4.69, 9.17) is 9.15 Å². The van der Waals surface area contributed by atoms with Crippen LogP contribution in [-0.2, 0) is 11.3 Å². The highest BCUT2D eigenvalue weighted by Crippen LogP contribution is 2.32. The molecule has 0 radical (unpaired) electrons. The molecule has 0 saturated carbocycles. The molecule has 5 heteroatoms. The second kappa shape index (κ2) is 8.78. The number of aryl methyl sites for hydroxylation is 2. The molecule has 0 aliphatic rings. The fraction of sp³-hybridized carbons (Fsp3) is 0.160. The topological polar surface area (TPSA) is 51.5 Å². The second-order valence-electron chi connectivity index (χ2n) is 7.19. The number of methoxy groups -OCH3 is 1. The molecule has 0 saturated heterocycles. The van der Waals surface area contributed by atoms with Gasteiger partial charge in [-0.2, -0.15) is 0 Å². The van der Waals surface area contributed by atoms with Gasteiger partial charge in [-0.3, -0.25) is 4.79 Å². The van der Waals surface area contributed by atoms with E-state index in [0.717, 1.165) is 15.8 Å². The number of benzene rings is 3. The Balaban J connectivity index is 1.52. The molecule has 4 aromatic rings. The van der Waals surface area contributed by atoms with Crippen molar-refractivity contribution in [2.45, 2.75) is 30.2 Å². The summed E-state index contributed by atoms with van der Waals surface area (Å²) in [4.78, 5) is 15.2. The van der Waals surface area contributed by atoms with Crippen LogP contribution in [0.4, 0.5) is 5.69 Å². The van der Waals surface area contributed by atoms with Gasteiger partial charge in [0.25, 0.3) is 5.91 Å². The van der Waals surface area contributed by atoms with Gasteiger partial charge in [-0.1, -0.05) is 42.1 Å². The molecule has 0 fully saturated rings. The first-order valence-corrected chi connectivity index (χ1v) is 10.5. The van der Waals surface area contributed by atoms with Crippen LogP contribution in [0.2, 0.25) is 0 Å². The molecule has 0 aliphatic carbocycles. The molecular formula is C25H23NO3S. The Hall–Kier alpha value is -3.02. The van der Waals surface area contributed by atoms with Gasteiger partial charge in [-0.15, -0.1) is 0 Å². The summed E-state index contributed by atoms with van der Waals surface area (Å²) in [5.41, 5.74) is 4.64. The molecule has 0 bridgehead atoms. The Morgan fingerprint density at radius 3 is 2.57 bits per heavy atom. The molecule has 0 aliphatic heterocycles. The van der Waals surface area contributed by atoms with E-state index in [2.05, 4.69) is 37.4 Å². The summed E-state index contributed by atoms with van der Waals surface area (Å²) in [6.07, 6.45) is 0. The van der Waals surface area contributed by atoms with Crippen LogP contribution >= 0.6 is 11.8 Å². The SMILES string of the molecule is COCc1c(C(=O)Nc2ccc(Sc3cc(C)ccc3C)cc2)oc2ccccc12. The quantitative estimate of drug-likeness (QED) is 0.384. The Morgan fingerprint density at radius 1 is 1.03 bits per heavy atom. The monoisotopic (exact) mass is 417 g/mol. The number of hydrogen-bond acceptors (Lipinski definition) is 4. The molecular weight excluding hydrogens is 394 g/mol. The smallest absolute Gasteiger partial charge is 0.291 e. The number of nitrogens with one attached hydrogen (secondary N) is 1. The third kappa shape index (κ3) is 4.27. The lowest BCUT2D eigenvalue weighted by molar-refractivity contribution is 0.0992. The van der Waals surface area contributed by atoms with Crippen LogP contribution < -0.4 is 5.32 Å². The number of carbonyl (C=O) groups excluding carboxylic acids is 1. The van der Waals surface area contributed by atoms with Crippen molar-refractivity contribution in [3.63, 3.8) is 0 Å². The summed E-state index contributed by atoms with van der Waals surface area (Å²) in [6.45, 7) is 4.52. The van der Waals surface area contributed by atoms with Gasteiger partial charge in [0, 0.05) is 33.5 Å². The molecule has 4 nitrogen and oxygen atoms in total. The van der Waals surface area contributed by atoms with E-state index in [1.54, 1.807) is 18.9 Å². The summed E-state index contributed by atoms with van der Waals surface area (Å²) in [6, 6.07) is 21.9. The standard InChI is InChI=1S/C25H23NO3S/c1-16-8-9-17(2)23(14-16)30-19-12-10-18(11-13-19)26-25(27)24-21(15-28-3)20-6-4-5-7-22(20)29-24/h4-14H,15H2,1-3H3,(H,26,27). The largest absolute Gasteiger partial charge is 0.451 e. The fourth-order valence-corrected chi connectivity index (χ4v) is 4.31. The molecule has 3 aromatic carbocycles. The third-order valence-corrected chi connectivity index (χ3v) is 6.04. The minimum Gasteiger partial charge on any atom is -0.451 e. The summed E-state index contributed by atoms with van der Waals surface area (Å²) < 4.78 is 11.1. The van der Waals surface area contributed by atoms with Crippen LogP contribution in [0, 0.1) is 13.8 Å². The van der Waals surface area contributed by atoms with Crippen LogP contribution in [0.1, 0.15) is 27.2 Å². The van der Waals surface area contributed by atoms with Crippen molar-refractivity contribution in [2.75, 3.05) is 12.4 Å². The average Bonchev–Trinajstić information content (AvgIpc) is 3.11. The highest BCUT2D eigenvalue weighted by atomic mass is 32.2. The molecule has 0 unspecified atom stereocenters. The van der Waals surface area contributed by atoms with Crippen LogP contribution in [0.5, 0.6) is 0 Å². The molecule has 152 valence electrons. The number of rotatable bonds is 6. The van der Waals surface area contributed by atoms with Gasteiger partial charge >= 0.3 is 0 Å². The predicted octanol–water partition coefficient (Wildman–Crippen LogP) is 6.60. The number of hydrogen-bond donors (Lipinski definition) is 1. The van der Waals surface area contributed by atoms with Crippen molar-refractivity contribution >= 4 is 34.3 Å². The van der Waals surface area contributed by atoms with Crippen molar-refractivity contribution < 1.29 is 13.9 Å². The van der Waals surface area contributed by atoms with E-state index in [1.165, 1.54) is 16.0 Å². The minimum atomic E-state index is -0.284. The number of amides is 1. The zero-order chi connectivity index (χ0) is 21.1. The average molecular weight is 418 g/mol. The second-order valence-corrected chi connectivity index (χ2v) is 8.30. The molecule has 1 amide bonds. The highest BCUT2D eigenvalue weighted by molar-refractivity contribution is 7.99. The molecule has 1 heterocycles. The van der Waals surface area contributed by atoms with Crippen LogP contribution in [0.25, 0.3) is 11.0 Å². The van der Waals surface area contributed by atoms with Crippen molar-refractivity contribution in [1.29, 1.82) is 0 Å². The van der Waals surface area contributed by atoms with Crippen LogP contribution in [-0.4, -0.2) is 13.0 Å². The zero-order valence-electron chi connectivity index (χ0n) is 17.2. The van der Waals surface area contributed by atoms with E-state index in [1.807, 2.05) is 48.5 Å². The van der Waals surface area contributed by atoms with Gasteiger partial charge in [-0.25, -0.2) is 0 Å². The van der Waals surface area contributed by atoms with Crippen molar-refractivity contribution in [1.82, 2.24) is 0 Å². The summed E-state index contributed by atoms with van der Waals surface area (Å²) in [5.74, 6) is 0.0000637. The normalized spacial score (nSPS) is 11.0. The number of anilines is 1. The van der Waals surface area contributed by atoms with E-state index in [9.17, 15) is 4.79 Å². The predicted molar refractivity (Wildman–Crippen MR) is 121 cm³/mol. The van der Waals surface area contributed by atoms with E-state index < -0.39 is 0 Å². The van der Waals surface area contributed by atoms with Crippen molar-refractivity contribution in [3.05, 3.63) is 89.2 Å². The Morgan fingerprint density at radius 2 is 1.80 bits per heavy atom. The lowest BCUT2D eigenvalue weighted by Gasteiger charge is -2.09. The van der Waals surface area contributed by atoms with Gasteiger partial charge in [0.05, 0.1) is 6.61 Å². The Labute approximate surface area is 180 Å². The number of fused-ring (bicyclic) bond motifs is 1. The lowest BCUT2D eigenvalue weighted by atomic mass is 10.1. The van der Waals surface area contributed by atoms with Crippen LogP contribution in [0.15, 0.2) is 80.9 Å². The maximum absolute atomic E-state index is 12.9. The highest BCUT2D eigenvalue weighted by Gasteiger charge is 2.20. The molecule has 1 aromatic heterocycles. The molecule has 0 atom stereocenters. The number of carbonyl (C=O) groups is 1. The summed E-state index contributed by atoms with van der Waals surface area (Å²) in [7, 11) is 1.61. The maximum Gasteiger partial charge on any atom is 0.291 e. The first-order chi connectivity index (χ1) is 14.5. The first-order valence-electron chi connectivity index (χ1n) is 9.71. The third-order valence-electron chi connectivity index (χ3n) is 4.88. The van der Waals surface area contributed by atoms with E-state index in [0.29, 0.717) is 17.9 Å². The van der Waals surface area contributed by atoms with Gasteiger partial charge in [0.15, 0.2) is 5.76 Å². The lowest BCUT2D eigenvalue weighted by Crippen LogP contribution is -2.13. The van der Waals surface area contributed by atoms with Gasteiger partial charge < -0.3 is 14.5 Å². The van der Waals surface area contributed by atoms with Crippen molar-refractivity contribution in [3.8, 4) is 0 Å². The van der Waals surface area contributed by atoms with E-state index >= 15 is 0 Å². The van der Waals surface area contributed by atoms with Crippen LogP contribution in [0.3, 0.4) is 0 Å². The number of ether oxygens (including phenoxy) is 1. The molecule has 0 spiro atoms. The first kappa shape index (κ1) is 20.3. The Bertz CT molecular complexity index is 1190. The van der Waals surface area contributed by atoms with Gasteiger partial charge in [0.2, 0.25) is 0 Å².